The maximum Gasteiger partial charge on any atom is 0.322 e. The molecule has 1 atom stereocenters. The van der Waals surface area contributed by atoms with Gasteiger partial charge in [-0.15, -0.1) is 0 Å². The second kappa shape index (κ2) is 3.54. The number of nitrogens with two attached hydrogens (primary N) is 1. The number of hydrogen-bond acceptors (Lipinski definition) is 3. The standard InChI is InChI=1S/C11H21NO2/c1-10(2)5-8(12)9(13)14-7-11(3,4)6-10/h8H,5-7,12H2,1-4H3. The molecule has 1 saturated heterocycles. The molecule has 1 fully saturated rings. The average Bonchev–Trinajstić information content (AvgIpc) is 1.95. The number of hydrogen-bond donors (Lipinski definition) is 1. The Kier molecular flexibility index (Phi) is 2.91. The van der Waals surface area contributed by atoms with Crippen LogP contribution in [0, 0.1) is 10.8 Å². The Balaban J connectivity index is 2.79. The van der Waals surface area contributed by atoms with Gasteiger partial charge in [-0.1, -0.05) is 27.7 Å². The minimum absolute atomic E-state index is 0.0549. The van der Waals surface area contributed by atoms with Crippen molar-refractivity contribution in [2.75, 3.05) is 6.61 Å². The summed E-state index contributed by atoms with van der Waals surface area (Å²) in [5, 5.41) is 0. The molecule has 1 unspecified atom stereocenters. The molecule has 1 aliphatic rings. The summed E-state index contributed by atoms with van der Waals surface area (Å²) in [5.74, 6) is -0.258. The molecule has 0 saturated carbocycles. The first-order valence-corrected chi connectivity index (χ1v) is 5.14. The van der Waals surface area contributed by atoms with E-state index in [4.69, 9.17) is 10.5 Å². The fourth-order valence-corrected chi connectivity index (χ4v) is 2.47. The maximum absolute atomic E-state index is 11.4. The van der Waals surface area contributed by atoms with Crippen LogP contribution in [0.3, 0.4) is 0 Å². The number of ether oxygens (including phenoxy) is 1. The number of rotatable bonds is 0. The van der Waals surface area contributed by atoms with Crippen LogP contribution in [0.5, 0.6) is 0 Å². The van der Waals surface area contributed by atoms with E-state index in [0.717, 1.165) is 6.42 Å². The highest BCUT2D eigenvalue weighted by molar-refractivity contribution is 5.75. The summed E-state index contributed by atoms with van der Waals surface area (Å²) in [6.07, 6.45) is 1.73. The fourth-order valence-electron chi connectivity index (χ4n) is 2.47. The lowest BCUT2D eigenvalue weighted by Gasteiger charge is -2.38. The average molecular weight is 199 g/mol. The van der Waals surface area contributed by atoms with Gasteiger partial charge in [-0.3, -0.25) is 4.79 Å². The van der Waals surface area contributed by atoms with E-state index < -0.39 is 6.04 Å². The lowest BCUT2D eigenvalue weighted by Crippen LogP contribution is -2.43. The Bertz CT molecular complexity index is 233. The van der Waals surface area contributed by atoms with Crippen molar-refractivity contribution in [1.82, 2.24) is 0 Å². The fraction of sp³-hybridized carbons (Fsp3) is 0.909. The van der Waals surface area contributed by atoms with E-state index in [2.05, 4.69) is 27.7 Å². The molecule has 3 heteroatoms. The first-order chi connectivity index (χ1) is 6.22. The molecule has 0 aliphatic carbocycles. The van der Waals surface area contributed by atoms with Gasteiger partial charge < -0.3 is 10.5 Å². The van der Waals surface area contributed by atoms with E-state index in [1.165, 1.54) is 0 Å². The highest BCUT2D eigenvalue weighted by Gasteiger charge is 2.36. The lowest BCUT2D eigenvalue weighted by atomic mass is 9.72. The zero-order valence-electron chi connectivity index (χ0n) is 9.59. The lowest BCUT2D eigenvalue weighted by molar-refractivity contribution is -0.152. The molecule has 0 aromatic heterocycles. The van der Waals surface area contributed by atoms with E-state index in [-0.39, 0.29) is 16.8 Å². The molecule has 82 valence electrons. The van der Waals surface area contributed by atoms with Crippen LogP contribution in [0.2, 0.25) is 0 Å². The van der Waals surface area contributed by atoms with E-state index in [9.17, 15) is 4.79 Å². The van der Waals surface area contributed by atoms with Gasteiger partial charge in [0, 0.05) is 0 Å². The zero-order valence-corrected chi connectivity index (χ0v) is 9.59. The maximum atomic E-state index is 11.4. The molecule has 0 radical (unpaired) electrons. The molecule has 14 heavy (non-hydrogen) atoms. The number of esters is 1. The second-order valence-electron chi connectivity index (χ2n) is 5.92. The van der Waals surface area contributed by atoms with Crippen LogP contribution in [0.25, 0.3) is 0 Å². The van der Waals surface area contributed by atoms with Gasteiger partial charge >= 0.3 is 5.97 Å². The quantitative estimate of drug-likeness (QED) is 0.604. The van der Waals surface area contributed by atoms with E-state index in [0.29, 0.717) is 13.0 Å². The monoisotopic (exact) mass is 199 g/mol. The smallest absolute Gasteiger partial charge is 0.322 e. The summed E-state index contributed by atoms with van der Waals surface area (Å²) in [5.41, 5.74) is 5.91. The molecule has 0 aromatic rings. The summed E-state index contributed by atoms with van der Waals surface area (Å²) >= 11 is 0. The van der Waals surface area contributed by atoms with Crippen LogP contribution in [0.15, 0.2) is 0 Å². The first kappa shape index (κ1) is 11.5. The Labute approximate surface area is 86.0 Å². The topological polar surface area (TPSA) is 52.3 Å². The summed E-state index contributed by atoms with van der Waals surface area (Å²) in [6.45, 7) is 9.04. The van der Waals surface area contributed by atoms with E-state index >= 15 is 0 Å². The second-order valence-corrected chi connectivity index (χ2v) is 5.92. The van der Waals surface area contributed by atoms with Gasteiger partial charge in [0.1, 0.15) is 6.04 Å². The minimum Gasteiger partial charge on any atom is -0.464 e. The van der Waals surface area contributed by atoms with Crippen LogP contribution in [-0.2, 0) is 9.53 Å². The largest absolute Gasteiger partial charge is 0.464 e. The predicted octanol–water partition coefficient (Wildman–Crippen LogP) is 1.70. The molecular weight excluding hydrogens is 178 g/mol. The van der Waals surface area contributed by atoms with Gasteiger partial charge in [-0.2, -0.15) is 0 Å². The van der Waals surface area contributed by atoms with Crippen molar-refractivity contribution in [3.8, 4) is 0 Å². The van der Waals surface area contributed by atoms with Crippen LogP contribution in [-0.4, -0.2) is 18.6 Å². The van der Waals surface area contributed by atoms with Gasteiger partial charge in [-0.25, -0.2) is 0 Å². The van der Waals surface area contributed by atoms with Crippen LogP contribution in [0.4, 0.5) is 0 Å². The van der Waals surface area contributed by atoms with Gasteiger partial charge in [0.05, 0.1) is 6.61 Å². The Morgan fingerprint density at radius 3 is 2.43 bits per heavy atom. The van der Waals surface area contributed by atoms with Gasteiger partial charge in [-0.05, 0) is 23.7 Å². The summed E-state index contributed by atoms with van der Waals surface area (Å²) in [6, 6.07) is -0.457. The Hall–Kier alpha value is -0.570. The molecule has 1 heterocycles. The highest BCUT2D eigenvalue weighted by atomic mass is 16.5. The third-order valence-corrected chi connectivity index (χ3v) is 2.64. The molecule has 3 nitrogen and oxygen atoms in total. The number of cyclic esters (lactones) is 1. The third kappa shape index (κ3) is 2.98. The Morgan fingerprint density at radius 2 is 1.86 bits per heavy atom. The number of carbonyl (C=O) groups excluding carboxylic acids is 1. The van der Waals surface area contributed by atoms with Gasteiger partial charge in [0.15, 0.2) is 0 Å². The molecule has 2 N–H and O–H groups in total. The third-order valence-electron chi connectivity index (χ3n) is 2.64. The summed E-state index contributed by atoms with van der Waals surface area (Å²) in [4.78, 5) is 11.4. The van der Waals surface area contributed by atoms with Crippen LogP contribution in [0.1, 0.15) is 40.5 Å². The van der Waals surface area contributed by atoms with Gasteiger partial charge in [0.2, 0.25) is 0 Å². The van der Waals surface area contributed by atoms with Crippen molar-refractivity contribution < 1.29 is 9.53 Å². The van der Waals surface area contributed by atoms with Crippen molar-refractivity contribution >= 4 is 5.97 Å². The summed E-state index contributed by atoms with van der Waals surface area (Å²) in [7, 11) is 0. The molecule has 0 amide bonds. The molecule has 0 aromatic carbocycles. The van der Waals surface area contributed by atoms with Gasteiger partial charge in [0.25, 0.3) is 0 Å². The van der Waals surface area contributed by atoms with E-state index in [1.54, 1.807) is 0 Å². The van der Waals surface area contributed by atoms with Crippen molar-refractivity contribution in [3.63, 3.8) is 0 Å². The summed E-state index contributed by atoms with van der Waals surface area (Å²) < 4.78 is 5.14. The molecular formula is C11H21NO2. The Morgan fingerprint density at radius 1 is 1.29 bits per heavy atom. The molecule has 0 bridgehead atoms. The zero-order chi connectivity index (χ0) is 11.0. The molecule has 0 spiro atoms. The highest BCUT2D eigenvalue weighted by Crippen LogP contribution is 2.38. The minimum atomic E-state index is -0.457. The number of carbonyl (C=O) groups is 1. The van der Waals surface area contributed by atoms with Crippen molar-refractivity contribution in [1.29, 1.82) is 0 Å². The first-order valence-electron chi connectivity index (χ1n) is 5.14. The van der Waals surface area contributed by atoms with Crippen molar-refractivity contribution in [2.24, 2.45) is 16.6 Å². The molecule has 1 aliphatic heterocycles. The molecule has 1 rings (SSSR count). The van der Waals surface area contributed by atoms with Crippen molar-refractivity contribution in [3.05, 3.63) is 0 Å². The van der Waals surface area contributed by atoms with Crippen molar-refractivity contribution in [2.45, 2.75) is 46.6 Å². The SMILES string of the molecule is CC1(C)COC(=O)C(N)CC(C)(C)C1. The van der Waals surface area contributed by atoms with Crippen LogP contribution < -0.4 is 5.73 Å². The van der Waals surface area contributed by atoms with E-state index in [1.807, 2.05) is 0 Å². The van der Waals surface area contributed by atoms with Crippen LogP contribution >= 0.6 is 0 Å². The predicted molar refractivity (Wildman–Crippen MR) is 55.7 cm³/mol. The normalized spacial score (nSPS) is 31.5.